The number of carbonyl (C=O) groups excluding carboxylic acids is 1. The molecule has 0 bridgehead atoms. The van der Waals surface area contributed by atoms with E-state index in [1.54, 1.807) is 7.05 Å². The highest BCUT2D eigenvalue weighted by molar-refractivity contribution is 14.0. The van der Waals surface area contributed by atoms with Gasteiger partial charge in [-0.15, -0.1) is 24.0 Å². The van der Waals surface area contributed by atoms with Crippen LogP contribution in [0.15, 0.2) is 4.99 Å². The van der Waals surface area contributed by atoms with Gasteiger partial charge < -0.3 is 15.5 Å². The van der Waals surface area contributed by atoms with Crippen LogP contribution in [-0.4, -0.2) is 50.5 Å². The highest BCUT2D eigenvalue weighted by Crippen LogP contribution is 2.10. The Morgan fingerprint density at radius 2 is 1.83 bits per heavy atom. The third-order valence-corrected chi connectivity index (χ3v) is 3.05. The summed E-state index contributed by atoms with van der Waals surface area (Å²) in [5, 5.41) is 6.03. The second-order valence-corrected chi connectivity index (χ2v) is 4.29. The average molecular weight is 368 g/mol. The highest BCUT2D eigenvalue weighted by atomic mass is 127. The van der Waals surface area contributed by atoms with E-state index in [-0.39, 0.29) is 29.9 Å². The molecule has 0 saturated carbocycles. The van der Waals surface area contributed by atoms with Crippen molar-refractivity contribution in [3.63, 3.8) is 0 Å². The first kappa shape index (κ1) is 17.5. The molecule has 1 heterocycles. The van der Waals surface area contributed by atoms with Crippen molar-refractivity contribution in [2.45, 2.75) is 32.1 Å². The van der Waals surface area contributed by atoms with Gasteiger partial charge in [0.25, 0.3) is 0 Å². The van der Waals surface area contributed by atoms with Crippen LogP contribution in [0, 0.1) is 0 Å². The number of hydrogen-bond acceptors (Lipinski definition) is 2. The molecule has 0 aromatic carbocycles. The zero-order valence-electron chi connectivity index (χ0n) is 11.4. The molecule has 1 aliphatic rings. The van der Waals surface area contributed by atoms with Crippen molar-refractivity contribution >= 4 is 35.8 Å². The van der Waals surface area contributed by atoms with Crippen LogP contribution < -0.4 is 10.6 Å². The Bertz CT molecular complexity index is 263. The van der Waals surface area contributed by atoms with Crippen molar-refractivity contribution in [3.05, 3.63) is 0 Å². The summed E-state index contributed by atoms with van der Waals surface area (Å²) in [5.41, 5.74) is 0. The van der Waals surface area contributed by atoms with E-state index in [2.05, 4.69) is 15.6 Å². The molecule has 0 aliphatic carbocycles. The van der Waals surface area contributed by atoms with E-state index in [0.29, 0.717) is 13.0 Å². The molecule has 0 aromatic rings. The lowest BCUT2D eigenvalue weighted by Crippen LogP contribution is -2.38. The van der Waals surface area contributed by atoms with Crippen LogP contribution in [0.25, 0.3) is 0 Å². The lowest BCUT2D eigenvalue weighted by molar-refractivity contribution is -0.130. The van der Waals surface area contributed by atoms with Crippen molar-refractivity contribution in [2.75, 3.05) is 33.7 Å². The van der Waals surface area contributed by atoms with Crippen LogP contribution in [0.2, 0.25) is 0 Å². The highest BCUT2D eigenvalue weighted by Gasteiger charge is 2.14. The average Bonchev–Trinajstić information content (AvgIpc) is 2.63. The number of nitrogens with zero attached hydrogens (tertiary/aromatic N) is 2. The maximum absolute atomic E-state index is 11.9. The van der Waals surface area contributed by atoms with Gasteiger partial charge in [0.1, 0.15) is 0 Å². The van der Waals surface area contributed by atoms with E-state index in [9.17, 15) is 4.79 Å². The van der Waals surface area contributed by atoms with Crippen LogP contribution in [0.5, 0.6) is 0 Å². The quantitative estimate of drug-likeness (QED) is 0.447. The molecule has 0 atom stereocenters. The van der Waals surface area contributed by atoms with Gasteiger partial charge in [-0.25, -0.2) is 0 Å². The van der Waals surface area contributed by atoms with Gasteiger partial charge in [0.15, 0.2) is 5.96 Å². The summed E-state index contributed by atoms with van der Waals surface area (Å²) in [6.07, 6.45) is 5.36. The minimum absolute atomic E-state index is 0. The standard InChI is InChI=1S/C12H24N4O.HI/c1-13-12(14-2)15-8-7-11(17)16-9-5-3-4-6-10-16;/h3-10H2,1-2H3,(H2,13,14,15);1H. The van der Waals surface area contributed by atoms with Gasteiger partial charge in [0.05, 0.1) is 0 Å². The Balaban J connectivity index is 0.00000289. The topological polar surface area (TPSA) is 56.7 Å². The summed E-state index contributed by atoms with van der Waals surface area (Å²) < 4.78 is 0. The number of likely N-dealkylation sites (tertiary alicyclic amines) is 1. The molecule has 0 radical (unpaired) electrons. The minimum atomic E-state index is 0. The normalized spacial score (nSPS) is 16.6. The van der Waals surface area contributed by atoms with Gasteiger partial charge in [0, 0.05) is 40.2 Å². The largest absolute Gasteiger partial charge is 0.359 e. The SMILES string of the molecule is CN=C(NC)NCCC(=O)N1CCCCCC1.I. The van der Waals surface area contributed by atoms with Crippen LogP contribution >= 0.6 is 24.0 Å². The van der Waals surface area contributed by atoms with Gasteiger partial charge >= 0.3 is 0 Å². The van der Waals surface area contributed by atoms with E-state index >= 15 is 0 Å². The monoisotopic (exact) mass is 368 g/mol. The molecule has 1 rings (SSSR count). The molecule has 1 fully saturated rings. The third-order valence-electron chi connectivity index (χ3n) is 3.05. The minimum Gasteiger partial charge on any atom is -0.359 e. The Labute approximate surface area is 127 Å². The maximum atomic E-state index is 11.9. The molecule has 106 valence electrons. The smallest absolute Gasteiger partial charge is 0.224 e. The van der Waals surface area contributed by atoms with Crippen LogP contribution in [-0.2, 0) is 4.79 Å². The van der Waals surface area contributed by atoms with Gasteiger partial charge in [-0.2, -0.15) is 0 Å². The number of carbonyl (C=O) groups is 1. The number of rotatable bonds is 3. The molecule has 1 aliphatic heterocycles. The predicted octanol–water partition coefficient (Wildman–Crippen LogP) is 1.19. The molecule has 0 spiro atoms. The first-order valence-electron chi connectivity index (χ1n) is 6.44. The van der Waals surface area contributed by atoms with Crippen LogP contribution in [0.3, 0.4) is 0 Å². The van der Waals surface area contributed by atoms with Crippen molar-refractivity contribution in [2.24, 2.45) is 4.99 Å². The number of aliphatic imine (C=N–C) groups is 1. The van der Waals surface area contributed by atoms with E-state index < -0.39 is 0 Å². The van der Waals surface area contributed by atoms with Gasteiger partial charge in [-0.1, -0.05) is 12.8 Å². The zero-order chi connectivity index (χ0) is 12.5. The van der Waals surface area contributed by atoms with Crippen LogP contribution in [0.4, 0.5) is 0 Å². The Morgan fingerprint density at radius 3 is 2.33 bits per heavy atom. The number of nitrogens with one attached hydrogen (secondary N) is 2. The zero-order valence-corrected chi connectivity index (χ0v) is 13.7. The third kappa shape index (κ3) is 6.42. The van der Waals surface area contributed by atoms with E-state index in [1.807, 2.05) is 11.9 Å². The first-order valence-corrected chi connectivity index (χ1v) is 6.44. The molecule has 1 amide bonds. The molecule has 0 unspecified atom stereocenters. The first-order chi connectivity index (χ1) is 8.27. The molecule has 18 heavy (non-hydrogen) atoms. The fourth-order valence-corrected chi connectivity index (χ4v) is 2.05. The molecular formula is C12H25IN4O. The summed E-state index contributed by atoms with van der Waals surface area (Å²) in [6, 6.07) is 0. The fourth-order valence-electron chi connectivity index (χ4n) is 2.05. The fraction of sp³-hybridized carbons (Fsp3) is 0.833. The van der Waals surface area contributed by atoms with E-state index in [0.717, 1.165) is 31.9 Å². The molecule has 5 nitrogen and oxygen atoms in total. The Kier molecular flexibility index (Phi) is 10.1. The summed E-state index contributed by atoms with van der Waals surface area (Å²) in [4.78, 5) is 17.9. The maximum Gasteiger partial charge on any atom is 0.224 e. The lowest BCUT2D eigenvalue weighted by atomic mass is 10.2. The van der Waals surface area contributed by atoms with Crippen molar-refractivity contribution in [1.29, 1.82) is 0 Å². The van der Waals surface area contributed by atoms with Crippen LogP contribution in [0.1, 0.15) is 32.1 Å². The Morgan fingerprint density at radius 1 is 1.22 bits per heavy atom. The lowest BCUT2D eigenvalue weighted by Gasteiger charge is -2.20. The summed E-state index contributed by atoms with van der Waals surface area (Å²) in [5.74, 6) is 0.986. The Hall–Kier alpha value is -0.530. The molecule has 2 N–H and O–H groups in total. The van der Waals surface area contributed by atoms with E-state index in [1.165, 1.54) is 12.8 Å². The summed E-state index contributed by atoms with van der Waals surface area (Å²) in [7, 11) is 3.53. The van der Waals surface area contributed by atoms with E-state index in [4.69, 9.17) is 0 Å². The van der Waals surface area contributed by atoms with Gasteiger partial charge in [-0.3, -0.25) is 9.79 Å². The van der Waals surface area contributed by atoms with Gasteiger partial charge in [0.2, 0.25) is 5.91 Å². The second-order valence-electron chi connectivity index (χ2n) is 4.29. The summed E-state index contributed by atoms with van der Waals surface area (Å²) in [6.45, 7) is 2.50. The van der Waals surface area contributed by atoms with Crippen molar-refractivity contribution in [1.82, 2.24) is 15.5 Å². The number of amides is 1. The van der Waals surface area contributed by atoms with Crippen molar-refractivity contribution in [3.8, 4) is 0 Å². The summed E-state index contributed by atoms with van der Waals surface area (Å²) >= 11 is 0. The number of guanidine groups is 1. The van der Waals surface area contributed by atoms with Crippen molar-refractivity contribution < 1.29 is 4.79 Å². The number of hydrogen-bond donors (Lipinski definition) is 2. The number of halogens is 1. The molecular weight excluding hydrogens is 343 g/mol. The molecule has 6 heteroatoms. The van der Waals surface area contributed by atoms with Gasteiger partial charge in [-0.05, 0) is 12.8 Å². The predicted molar refractivity (Wildman–Crippen MR) is 85.5 cm³/mol. The molecule has 1 saturated heterocycles. The second kappa shape index (κ2) is 10.4. The molecule has 0 aromatic heterocycles.